The summed E-state index contributed by atoms with van der Waals surface area (Å²) in [5.74, 6) is -0.540. The summed E-state index contributed by atoms with van der Waals surface area (Å²) < 4.78 is 34.7. The quantitative estimate of drug-likeness (QED) is 0.334. The number of nitrogens with one attached hydrogen (secondary N) is 2. The van der Waals surface area contributed by atoms with Crippen LogP contribution in [-0.4, -0.2) is 40.6 Å². The van der Waals surface area contributed by atoms with E-state index in [0.717, 1.165) is 17.7 Å². The first-order valence-electron chi connectivity index (χ1n) is 9.88. The van der Waals surface area contributed by atoms with Crippen molar-refractivity contribution in [2.24, 2.45) is 7.05 Å². The number of pyridine rings is 1. The molecule has 0 bridgehead atoms. The Morgan fingerprint density at radius 3 is 2.73 bits per heavy atom. The molecule has 0 saturated carbocycles. The van der Waals surface area contributed by atoms with Gasteiger partial charge in [0.05, 0.1) is 4.92 Å². The Kier molecular flexibility index (Phi) is 7.35. The van der Waals surface area contributed by atoms with Crippen LogP contribution in [0.3, 0.4) is 0 Å². The molecular formula is C20H22N6O6S. The lowest BCUT2D eigenvalue weighted by Gasteiger charge is -2.12. The number of aryl methyl sites for hydroxylation is 1. The Balaban J connectivity index is 1.85. The summed E-state index contributed by atoms with van der Waals surface area (Å²) in [7, 11) is -2.57. The highest BCUT2D eigenvalue weighted by molar-refractivity contribution is 7.89. The second kappa shape index (κ2) is 10.2. The molecule has 0 fully saturated rings. The summed E-state index contributed by atoms with van der Waals surface area (Å²) in [4.78, 5) is 26.5. The third-order valence-corrected chi connectivity index (χ3v) is 5.91. The van der Waals surface area contributed by atoms with Crippen molar-refractivity contribution >= 4 is 21.6 Å². The standard InChI is InChI=1S/C20H22N6O6S/c1-3-8-23-33(30,31)18-10-15(26(28)29)6-7-17(18)32-19-11-16(24-25(19)2)20(27)22-13-14-5-4-9-21-12-14/h4-7,9-12,23H,3,8,13H2,1-2H3,(H,22,27). The van der Waals surface area contributed by atoms with Gasteiger partial charge in [-0.3, -0.25) is 19.9 Å². The summed E-state index contributed by atoms with van der Waals surface area (Å²) >= 11 is 0. The van der Waals surface area contributed by atoms with Crippen molar-refractivity contribution in [2.75, 3.05) is 6.54 Å². The maximum Gasteiger partial charge on any atom is 0.272 e. The van der Waals surface area contributed by atoms with E-state index in [9.17, 15) is 23.3 Å². The minimum Gasteiger partial charge on any atom is -0.438 e. The molecular weight excluding hydrogens is 452 g/mol. The fourth-order valence-electron chi connectivity index (χ4n) is 2.76. The molecule has 2 heterocycles. The summed E-state index contributed by atoms with van der Waals surface area (Å²) in [6, 6.07) is 8.14. The number of nitro benzene ring substituents is 1. The lowest BCUT2D eigenvalue weighted by molar-refractivity contribution is -0.385. The van der Waals surface area contributed by atoms with Crippen molar-refractivity contribution in [3.8, 4) is 11.6 Å². The molecule has 0 atom stereocenters. The van der Waals surface area contributed by atoms with Crippen molar-refractivity contribution in [1.29, 1.82) is 0 Å². The Morgan fingerprint density at radius 1 is 1.27 bits per heavy atom. The molecule has 33 heavy (non-hydrogen) atoms. The number of hydrogen-bond acceptors (Lipinski definition) is 8. The minimum atomic E-state index is -4.09. The smallest absolute Gasteiger partial charge is 0.272 e. The van der Waals surface area contributed by atoms with Gasteiger partial charge in [0.25, 0.3) is 11.6 Å². The van der Waals surface area contributed by atoms with Crippen LogP contribution in [0.15, 0.2) is 53.7 Å². The largest absolute Gasteiger partial charge is 0.438 e. The van der Waals surface area contributed by atoms with Crippen molar-refractivity contribution in [3.63, 3.8) is 0 Å². The molecule has 1 aromatic carbocycles. The van der Waals surface area contributed by atoms with Gasteiger partial charge in [-0.1, -0.05) is 13.0 Å². The van der Waals surface area contributed by atoms with Crippen molar-refractivity contribution in [1.82, 2.24) is 24.8 Å². The van der Waals surface area contributed by atoms with Crippen LogP contribution in [-0.2, 0) is 23.6 Å². The molecule has 3 rings (SSSR count). The zero-order chi connectivity index (χ0) is 24.0. The highest BCUT2D eigenvalue weighted by atomic mass is 32.2. The highest BCUT2D eigenvalue weighted by Crippen LogP contribution is 2.32. The molecule has 3 aromatic rings. The van der Waals surface area contributed by atoms with Crippen LogP contribution in [0.1, 0.15) is 29.4 Å². The second-order valence-corrected chi connectivity index (χ2v) is 8.66. The number of aromatic nitrogens is 3. The first-order valence-corrected chi connectivity index (χ1v) is 11.4. The van der Waals surface area contributed by atoms with E-state index in [0.29, 0.717) is 6.42 Å². The predicted octanol–water partition coefficient (Wildman–Crippen LogP) is 2.13. The van der Waals surface area contributed by atoms with Gasteiger partial charge in [-0.2, -0.15) is 5.10 Å². The van der Waals surface area contributed by atoms with Crippen molar-refractivity contribution in [3.05, 3.63) is 70.2 Å². The van der Waals surface area contributed by atoms with Gasteiger partial charge in [0.15, 0.2) is 5.69 Å². The van der Waals surface area contributed by atoms with Crippen LogP contribution < -0.4 is 14.8 Å². The van der Waals surface area contributed by atoms with Crippen LogP contribution in [0.4, 0.5) is 5.69 Å². The van der Waals surface area contributed by atoms with E-state index in [-0.39, 0.29) is 30.4 Å². The zero-order valence-electron chi connectivity index (χ0n) is 17.9. The molecule has 2 aromatic heterocycles. The van der Waals surface area contributed by atoms with Gasteiger partial charge in [-0.15, -0.1) is 0 Å². The topological polar surface area (TPSA) is 158 Å². The lowest BCUT2D eigenvalue weighted by atomic mass is 10.3. The molecule has 12 nitrogen and oxygen atoms in total. The maximum absolute atomic E-state index is 12.7. The third-order valence-electron chi connectivity index (χ3n) is 4.43. The number of carbonyl (C=O) groups excluding carboxylic acids is 1. The summed E-state index contributed by atoms with van der Waals surface area (Å²) in [5, 5.41) is 18.0. The van der Waals surface area contributed by atoms with Crippen LogP contribution >= 0.6 is 0 Å². The molecule has 0 saturated heterocycles. The maximum atomic E-state index is 12.7. The van der Waals surface area contributed by atoms with E-state index < -0.39 is 31.4 Å². The summed E-state index contributed by atoms with van der Waals surface area (Å²) in [5.41, 5.74) is 0.449. The van der Waals surface area contributed by atoms with Crippen molar-refractivity contribution < 1.29 is 22.9 Å². The van der Waals surface area contributed by atoms with Gasteiger partial charge >= 0.3 is 0 Å². The number of sulfonamides is 1. The Labute approximate surface area is 189 Å². The second-order valence-electron chi connectivity index (χ2n) is 6.92. The van der Waals surface area contributed by atoms with Crippen molar-refractivity contribution in [2.45, 2.75) is 24.8 Å². The van der Waals surface area contributed by atoms with Gasteiger partial charge in [0.1, 0.15) is 10.6 Å². The molecule has 0 spiro atoms. The number of non-ortho nitro benzene ring substituents is 1. The molecule has 0 aliphatic carbocycles. The molecule has 0 radical (unpaired) electrons. The molecule has 0 aliphatic rings. The number of benzene rings is 1. The first kappa shape index (κ1) is 23.8. The summed E-state index contributed by atoms with van der Waals surface area (Å²) in [6.45, 7) is 2.18. The number of rotatable bonds is 10. The van der Waals surface area contributed by atoms with Crippen LogP contribution in [0.25, 0.3) is 0 Å². The number of hydrogen-bond donors (Lipinski definition) is 2. The van der Waals surface area contributed by atoms with Gasteiger partial charge in [-0.05, 0) is 24.1 Å². The number of amides is 1. The van der Waals surface area contributed by atoms with E-state index in [4.69, 9.17) is 4.74 Å². The average Bonchev–Trinajstić information content (AvgIpc) is 3.17. The molecule has 1 amide bonds. The van der Waals surface area contributed by atoms with Gasteiger partial charge < -0.3 is 10.1 Å². The van der Waals surface area contributed by atoms with E-state index >= 15 is 0 Å². The fourth-order valence-corrected chi connectivity index (χ4v) is 4.04. The Hall–Kier alpha value is -3.84. The number of ether oxygens (including phenoxy) is 1. The number of carbonyl (C=O) groups is 1. The van der Waals surface area contributed by atoms with Crippen LogP contribution in [0.5, 0.6) is 11.6 Å². The first-order chi connectivity index (χ1) is 15.7. The molecule has 0 aliphatic heterocycles. The number of nitrogens with zero attached hydrogens (tertiary/aromatic N) is 4. The Morgan fingerprint density at radius 2 is 2.06 bits per heavy atom. The SMILES string of the molecule is CCCNS(=O)(=O)c1cc([N+](=O)[O-])ccc1Oc1cc(C(=O)NCc2cccnc2)nn1C. The van der Waals surface area contributed by atoms with E-state index in [1.165, 1.54) is 23.9 Å². The van der Waals surface area contributed by atoms with Crippen LogP contribution in [0, 0.1) is 10.1 Å². The highest BCUT2D eigenvalue weighted by Gasteiger charge is 2.24. The molecule has 0 unspecified atom stereocenters. The molecule has 13 heteroatoms. The monoisotopic (exact) mass is 474 g/mol. The van der Waals surface area contributed by atoms with Crippen LogP contribution in [0.2, 0.25) is 0 Å². The van der Waals surface area contributed by atoms with Gasteiger partial charge in [0.2, 0.25) is 15.9 Å². The summed E-state index contributed by atoms with van der Waals surface area (Å²) in [6.07, 6.45) is 3.78. The van der Waals surface area contributed by atoms with Gasteiger partial charge in [-0.25, -0.2) is 17.8 Å². The lowest BCUT2D eigenvalue weighted by Crippen LogP contribution is -2.25. The fraction of sp³-hybridized carbons (Fsp3) is 0.250. The zero-order valence-corrected chi connectivity index (χ0v) is 18.7. The van der Waals surface area contributed by atoms with Gasteiger partial charge in [0, 0.05) is 50.7 Å². The molecule has 174 valence electrons. The normalized spacial score (nSPS) is 11.2. The average molecular weight is 474 g/mol. The number of nitro groups is 1. The van der Waals surface area contributed by atoms with E-state index in [1.807, 2.05) is 6.07 Å². The van der Waals surface area contributed by atoms with E-state index in [2.05, 4.69) is 20.1 Å². The van der Waals surface area contributed by atoms with E-state index in [1.54, 1.807) is 25.4 Å². The Bertz CT molecular complexity index is 1260. The third kappa shape index (κ3) is 5.90. The predicted molar refractivity (Wildman–Crippen MR) is 117 cm³/mol. The molecule has 2 N–H and O–H groups in total. The minimum absolute atomic E-state index is 0.0480.